The van der Waals surface area contributed by atoms with Gasteiger partial charge in [-0.2, -0.15) is 10.5 Å². The molecule has 0 spiro atoms. The van der Waals surface area contributed by atoms with E-state index in [-0.39, 0.29) is 0 Å². The third kappa shape index (κ3) is 2.22. The van der Waals surface area contributed by atoms with E-state index >= 15 is 0 Å². The molecule has 1 aliphatic heterocycles. The van der Waals surface area contributed by atoms with Crippen molar-refractivity contribution in [3.05, 3.63) is 60.2 Å². The van der Waals surface area contributed by atoms with Gasteiger partial charge in [0.15, 0.2) is 0 Å². The third-order valence-electron chi connectivity index (χ3n) is 4.95. The Hall–Kier alpha value is -3.70. The largest absolute Gasteiger partial charge is 0.294 e. The van der Waals surface area contributed by atoms with Gasteiger partial charge in [-0.25, -0.2) is 0 Å². The van der Waals surface area contributed by atoms with Crippen LogP contribution in [0.3, 0.4) is 0 Å². The number of benzene rings is 3. The zero-order chi connectivity index (χ0) is 18.3. The maximum absolute atomic E-state index is 12.3. The average Bonchev–Trinajstić information content (AvgIpc) is 2.65. The lowest BCUT2D eigenvalue weighted by Gasteiger charge is -2.31. The summed E-state index contributed by atoms with van der Waals surface area (Å²) in [6.45, 7) is 0. The van der Waals surface area contributed by atoms with E-state index in [1.807, 2.05) is 66.7 Å². The number of imide groups is 1. The Kier molecular flexibility index (Phi) is 3.64. The molecule has 5 heteroatoms. The van der Waals surface area contributed by atoms with Crippen molar-refractivity contribution in [2.45, 2.75) is 5.92 Å². The molecule has 1 heterocycles. The summed E-state index contributed by atoms with van der Waals surface area (Å²) >= 11 is 0. The SMILES string of the molecule is N#C[C@H]1C(=O)NC(=O)[C@H](C#N)C1c1c2ccccc2cc2ccccc12. The van der Waals surface area contributed by atoms with Crippen LogP contribution in [0.15, 0.2) is 54.6 Å². The van der Waals surface area contributed by atoms with Gasteiger partial charge in [-0.05, 0) is 33.2 Å². The van der Waals surface area contributed by atoms with Crippen LogP contribution in [0.4, 0.5) is 0 Å². The lowest BCUT2D eigenvalue weighted by molar-refractivity contribution is -0.137. The number of carbonyl (C=O) groups excluding carboxylic acids is 2. The van der Waals surface area contributed by atoms with Crippen LogP contribution in [0.25, 0.3) is 21.5 Å². The molecule has 0 aliphatic carbocycles. The average molecular weight is 339 g/mol. The van der Waals surface area contributed by atoms with Gasteiger partial charge >= 0.3 is 0 Å². The van der Waals surface area contributed by atoms with E-state index in [2.05, 4.69) is 5.32 Å². The van der Waals surface area contributed by atoms with Crippen molar-refractivity contribution in [1.29, 1.82) is 10.5 Å². The van der Waals surface area contributed by atoms with Gasteiger partial charge in [-0.15, -0.1) is 0 Å². The standard InChI is InChI=1S/C21H13N3O2/c22-10-16-19(17(11-23)21(26)24-20(16)25)18-14-7-3-1-5-12(14)9-13-6-2-4-8-15(13)18/h1-9,16-17,19H,(H,24,25,26)/t16-,17-/m1/s1. The number of piperidine rings is 1. The molecule has 3 aromatic rings. The predicted octanol–water partition coefficient (Wildman–Crippen LogP) is 3.01. The molecule has 124 valence electrons. The number of nitriles is 2. The van der Waals surface area contributed by atoms with Crippen LogP contribution in [-0.2, 0) is 9.59 Å². The quantitative estimate of drug-likeness (QED) is 0.545. The summed E-state index contributed by atoms with van der Waals surface area (Å²) in [6.07, 6.45) is 0. The molecule has 0 saturated carbocycles. The second-order valence-corrected chi connectivity index (χ2v) is 6.33. The Bertz CT molecular complexity index is 1070. The fourth-order valence-corrected chi connectivity index (χ4v) is 3.81. The number of nitrogens with one attached hydrogen (secondary N) is 1. The fraction of sp³-hybridized carbons (Fsp3) is 0.143. The first-order chi connectivity index (χ1) is 12.7. The van der Waals surface area contributed by atoms with Crippen LogP contribution in [0.1, 0.15) is 11.5 Å². The summed E-state index contributed by atoms with van der Waals surface area (Å²) in [6, 6.07) is 21.3. The minimum Gasteiger partial charge on any atom is -0.294 e. The summed E-state index contributed by atoms with van der Waals surface area (Å²) in [5, 5.41) is 24.9. The monoisotopic (exact) mass is 339 g/mol. The number of rotatable bonds is 1. The fourth-order valence-electron chi connectivity index (χ4n) is 3.81. The zero-order valence-corrected chi connectivity index (χ0v) is 13.6. The summed E-state index contributed by atoms with van der Waals surface area (Å²) in [5.41, 5.74) is 0.708. The van der Waals surface area contributed by atoms with Gasteiger partial charge in [0, 0.05) is 5.92 Å². The highest BCUT2D eigenvalue weighted by Gasteiger charge is 2.46. The molecule has 2 atom stereocenters. The van der Waals surface area contributed by atoms with Gasteiger partial charge in [0.1, 0.15) is 11.8 Å². The van der Waals surface area contributed by atoms with E-state index in [0.717, 1.165) is 21.5 Å². The predicted molar refractivity (Wildman–Crippen MR) is 95.6 cm³/mol. The first kappa shape index (κ1) is 15.8. The molecule has 2 amide bonds. The van der Waals surface area contributed by atoms with Crippen LogP contribution >= 0.6 is 0 Å². The van der Waals surface area contributed by atoms with E-state index in [4.69, 9.17) is 0 Å². The highest BCUT2D eigenvalue weighted by Crippen LogP contribution is 2.42. The molecule has 1 aliphatic rings. The maximum Gasteiger partial charge on any atom is 0.244 e. The number of hydrogen-bond acceptors (Lipinski definition) is 4. The Balaban J connectivity index is 2.13. The first-order valence-corrected chi connectivity index (χ1v) is 8.20. The van der Waals surface area contributed by atoms with Gasteiger partial charge in [-0.1, -0.05) is 48.5 Å². The van der Waals surface area contributed by atoms with Crippen LogP contribution in [0, 0.1) is 34.5 Å². The van der Waals surface area contributed by atoms with Gasteiger partial charge in [0.05, 0.1) is 12.1 Å². The Morgan fingerprint density at radius 3 is 1.69 bits per heavy atom. The lowest BCUT2D eigenvalue weighted by Crippen LogP contribution is -2.49. The normalized spacial score (nSPS) is 20.5. The van der Waals surface area contributed by atoms with Crippen LogP contribution in [0.5, 0.6) is 0 Å². The Labute approximate surface area is 149 Å². The summed E-state index contributed by atoms with van der Waals surface area (Å²) in [4.78, 5) is 24.6. The maximum atomic E-state index is 12.3. The molecule has 0 unspecified atom stereocenters. The lowest BCUT2D eigenvalue weighted by atomic mass is 9.72. The molecule has 3 aromatic carbocycles. The summed E-state index contributed by atoms with van der Waals surface area (Å²) < 4.78 is 0. The van der Waals surface area contributed by atoms with Crippen molar-refractivity contribution in [3.8, 4) is 12.1 Å². The van der Waals surface area contributed by atoms with E-state index < -0.39 is 29.6 Å². The van der Waals surface area contributed by atoms with Crippen LogP contribution < -0.4 is 5.32 Å². The van der Waals surface area contributed by atoms with Crippen molar-refractivity contribution in [1.82, 2.24) is 5.32 Å². The third-order valence-corrected chi connectivity index (χ3v) is 4.95. The summed E-state index contributed by atoms with van der Waals surface area (Å²) in [5.74, 6) is -4.32. The molecule has 0 radical (unpaired) electrons. The molecule has 1 saturated heterocycles. The minimum atomic E-state index is -1.11. The molecule has 1 fully saturated rings. The molecule has 4 rings (SSSR count). The zero-order valence-electron chi connectivity index (χ0n) is 13.6. The van der Waals surface area contributed by atoms with E-state index in [0.29, 0.717) is 5.56 Å². The molecule has 1 N–H and O–H groups in total. The van der Waals surface area contributed by atoms with E-state index in [1.54, 1.807) is 0 Å². The van der Waals surface area contributed by atoms with Crippen molar-refractivity contribution in [3.63, 3.8) is 0 Å². The highest BCUT2D eigenvalue weighted by atomic mass is 16.2. The Morgan fingerprint density at radius 2 is 1.23 bits per heavy atom. The van der Waals surface area contributed by atoms with Gasteiger partial charge < -0.3 is 0 Å². The molecular weight excluding hydrogens is 326 g/mol. The molecule has 26 heavy (non-hydrogen) atoms. The van der Waals surface area contributed by atoms with Crippen molar-refractivity contribution < 1.29 is 9.59 Å². The van der Waals surface area contributed by atoms with E-state index in [1.165, 1.54) is 0 Å². The smallest absolute Gasteiger partial charge is 0.244 e. The molecule has 0 bridgehead atoms. The van der Waals surface area contributed by atoms with Crippen LogP contribution in [0.2, 0.25) is 0 Å². The number of amides is 2. The van der Waals surface area contributed by atoms with Gasteiger partial charge in [-0.3, -0.25) is 14.9 Å². The first-order valence-electron chi connectivity index (χ1n) is 8.20. The second-order valence-electron chi connectivity index (χ2n) is 6.33. The number of nitrogens with zero attached hydrogens (tertiary/aromatic N) is 2. The molecule has 0 aromatic heterocycles. The number of carbonyl (C=O) groups is 2. The van der Waals surface area contributed by atoms with Gasteiger partial charge in [0.25, 0.3) is 0 Å². The minimum absolute atomic E-state index is 0.647. The number of hydrogen-bond donors (Lipinski definition) is 1. The molecule has 5 nitrogen and oxygen atoms in total. The van der Waals surface area contributed by atoms with Crippen molar-refractivity contribution in [2.75, 3.05) is 0 Å². The molecular formula is C21H13N3O2. The number of fused-ring (bicyclic) bond motifs is 2. The highest BCUT2D eigenvalue weighted by molar-refractivity contribution is 6.07. The van der Waals surface area contributed by atoms with E-state index in [9.17, 15) is 20.1 Å². The topological polar surface area (TPSA) is 93.8 Å². The second kappa shape index (κ2) is 5.98. The van der Waals surface area contributed by atoms with Crippen molar-refractivity contribution in [2.24, 2.45) is 11.8 Å². The van der Waals surface area contributed by atoms with Crippen molar-refractivity contribution >= 4 is 33.4 Å². The summed E-state index contributed by atoms with van der Waals surface area (Å²) in [7, 11) is 0. The Morgan fingerprint density at radius 1 is 0.769 bits per heavy atom. The van der Waals surface area contributed by atoms with Crippen LogP contribution in [-0.4, -0.2) is 11.8 Å². The van der Waals surface area contributed by atoms with Gasteiger partial charge in [0.2, 0.25) is 11.8 Å².